The second kappa shape index (κ2) is 46.6. The summed E-state index contributed by atoms with van der Waals surface area (Å²) in [6.45, 7) is 4.20. The summed E-state index contributed by atoms with van der Waals surface area (Å²) < 4.78 is 0. The number of aliphatic imine (C=N–C) groups is 7. The van der Waals surface area contributed by atoms with E-state index in [-0.39, 0.29) is 171 Å². The molecule has 0 heterocycles. The topological polar surface area (TPSA) is 668 Å². The third-order valence-corrected chi connectivity index (χ3v) is 13.7. The fourth-order valence-corrected chi connectivity index (χ4v) is 9.52. The van der Waals surface area contributed by atoms with E-state index in [2.05, 4.69) is 66.8 Å². The van der Waals surface area contributed by atoms with E-state index in [0.717, 1.165) is 0 Å². The van der Waals surface area contributed by atoms with Crippen LogP contribution < -0.4 is 118 Å². The van der Waals surface area contributed by atoms with Gasteiger partial charge in [-0.05, 0) is 96.8 Å². The molecule has 35 nitrogen and oxygen atoms in total. The predicted molar refractivity (Wildman–Crippen MR) is 338 cm³/mol. The van der Waals surface area contributed by atoms with Gasteiger partial charge in [0.25, 0.3) is 0 Å². The quantitative estimate of drug-likeness (QED) is 0.0116. The first-order valence-electron chi connectivity index (χ1n) is 28.8. The Labute approximate surface area is 504 Å². The van der Waals surface area contributed by atoms with Gasteiger partial charge in [-0.3, -0.25) is 39.7 Å². The second-order valence-electron chi connectivity index (χ2n) is 20.8. The summed E-state index contributed by atoms with van der Waals surface area (Å²) in [6.07, 6.45) is 6.71. The van der Waals surface area contributed by atoms with E-state index < -0.39 is 90.2 Å². The maximum atomic E-state index is 15.1. The van der Waals surface area contributed by atoms with Crippen LogP contribution in [0.5, 0.6) is 0 Å². The molecule has 36 N–H and O–H groups in total. The van der Waals surface area contributed by atoms with Crippen molar-refractivity contribution in [3.05, 3.63) is 0 Å². The lowest BCUT2D eigenvalue weighted by atomic mass is 9.78. The van der Waals surface area contributed by atoms with E-state index in [1.54, 1.807) is 13.8 Å². The van der Waals surface area contributed by atoms with Crippen molar-refractivity contribution in [2.24, 2.45) is 127 Å². The minimum absolute atomic E-state index is 0.0765. The van der Waals surface area contributed by atoms with E-state index in [9.17, 15) is 28.8 Å². The van der Waals surface area contributed by atoms with Crippen LogP contribution in [0.1, 0.15) is 104 Å². The molecule has 14 atom stereocenters. The first-order valence-corrected chi connectivity index (χ1v) is 28.8. The van der Waals surface area contributed by atoms with Crippen molar-refractivity contribution in [3.8, 4) is 0 Å². The summed E-state index contributed by atoms with van der Waals surface area (Å²) >= 11 is 0. The van der Waals surface area contributed by atoms with Gasteiger partial charge in [0.1, 0.15) is 37.7 Å². The van der Waals surface area contributed by atoms with Crippen LogP contribution in [-0.2, 0) is 33.6 Å². The largest absolute Gasteiger partial charge is 0.370 e. The number of carbonyl (C=O) groups is 7. The number of nitrogens with two attached hydrogens (primary N) is 15. The molecule has 86 heavy (non-hydrogen) atoms. The first kappa shape index (κ1) is 78.3. The van der Waals surface area contributed by atoms with Crippen LogP contribution in [-0.4, -0.2) is 210 Å². The minimum Gasteiger partial charge on any atom is -0.370 e. The number of hydrogen-bond donors (Lipinski definition) is 21. The van der Waals surface area contributed by atoms with Crippen molar-refractivity contribution in [1.82, 2.24) is 31.9 Å². The van der Waals surface area contributed by atoms with Gasteiger partial charge in [-0.25, -0.2) is 0 Å². The highest BCUT2D eigenvalue weighted by atomic mass is 16.1. The molecule has 0 aliphatic carbocycles. The van der Waals surface area contributed by atoms with Gasteiger partial charge in [-0.2, -0.15) is 0 Å². The Kier molecular flexibility index (Phi) is 42.4. The third kappa shape index (κ3) is 36.2. The molecule has 0 saturated heterocycles. The predicted octanol–water partition coefficient (Wildman–Crippen LogP) is -8.93. The molecular weight excluding hydrogens is 1120 g/mol. The maximum Gasteiger partial charge on any atom is 0.185 e. The number of aldehydes is 6. The zero-order valence-electron chi connectivity index (χ0n) is 50.0. The number of hydrogen-bond acceptors (Lipinski definition) is 21. The smallest absolute Gasteiger partial charge is 0.185 e. The highest BCUT2D eigenvalue weighted by Crippen LogP contribution is 2.24. The Morgan fingerprint density at radius 3 is 0.756 bits per heavy atom. The van der Waals surface area contributed by atoms with Crippen molar-refractivity contribution in [3.63, 3.8) is 0 Å². The maximum absolute atomic E-state index is 15.1. The van der Waals surface area contributed by atoms with Crippen LogP contribution in [0.2, 0.25) is 0 Å². The van der Waals surface area contributed by atoms with Gasteiger partial charge in [-0.15, -0.1) is 0 Å². The summed E-state index contributed by atoms with van der Waals surface area (Å²) in [6, 6.07) is -14.5. The van der Waals surface area contributed by atoms with Gasteiger partial charge >= 0.3 is 0 Å². The Hall–Kier alpha value is -7.70. The lowest BCUT2D eigenvalue weighted by Gasteiger charge is -2.48. The number of carbonyl (C=O) groups excluding carboxylic acids is 7. The Bertz CT molecular complexity index is 2170. The third-order valence-electron chi connectivity index (χ3n) is 13.7. The molecule has 0 aromatic carbocycles. The van der Waals surface area contributed by atoms with Gasteiger partial charge in [0.2, 0.25) is 0 Å². The summed E-state index contributed by atoms with van der Waals surface area (Å²) in [4.78, 5) is 124. The fourth-order valence-electron chi connectivity index (χ4n) is 9.52. The van der Waals surface area contributed by atoms with E-state index >= 15 is 4.79 Å². The van der Waals surface area contributed by atoms with Crippen molar-refractivity contribution in [1.29, 1.82) is 0 Å². The van der Waals surface area contributed by atoms with Crippen LogP contribution in [0.4, 0.5) is 0 Å². The molecule has 0 aliphatic heterocycles. The number of guanidine groups is 7. The van der Waals surface area contributed by atoms with Crippen LogP contribution in [0.3, 0.4) is 0 Å². The lowest BCUT2D eigenvalue weighted by Crippen LogP contribution is -2.75. The summed E-state index contributed by atoms with van der Waals surface area (Å²) in [5.41, 5.74) is 85.8. The molecule has 0 aromatic heterocycles. The lowest BCUT2D eigenvalue weighted by molar-refractivity contribution is -0.125. The molecule has 0 saturated carbocycles. The fraction of sp³-hybridized carbons (Fsp3) is 0.725. The molecule has 0 amide bonds. The number of ketones is 1. The standard InChI is InChI=1S/C51H104N28O7/c1-30(44(86)38(52)16-9-23-73-51(65)66)39(75-33(25-81)11-4-18-68-46(55)56)41(77-35(27-83)13-6-20-70-48(59)60)43(79-37(29-85)15-8-22-72-50(63)64)42(78-36(28-84)14-7-21-71-49(61)62)40(76-34(26-82)12-5-19-69-47(57)58)31(2)74-32(24-80)10-3-17-67-45(53)54/h24-43,74-79H,3-23,52H2,1-2H3,(H4,53,54,67)(H4,55,56,68)(H4,57,58,69)(H4,59,60,70)(H4,61,62,71)(H4,63,64,72)(H4,65,66,73)/t30?,31?,32-,33-,34-,35-,36-,37-,38+,39?,40?,41?,42?,43?/m1/s1. The van der Waals surface area contributed by atoms with Crippen LogP contribution >= 0.6 is 0 Å². The number of rotatable bonds is 54. The summed E-state index contributed by atoms with van der Waals surface area (Å²) in [5.74, 6) is -2.91. The number of nitrogens with one attached hydrogen (secondary N) is 6. The van der Waals surface area contributed by atoms with E-state index in [1.807, 2.05) is 0 Å². The van der Waals surface area contributed by atoms with Crippen molar-refractivity contribution < 1.29 is 33.6 Å². The molecule has 0 aromatic rings. The summed E-state index contributed by atoms with van der Waals surface area (Å²) in [7, 11) is 0. The SMILES string of the molecule is CC(N[C@@H](C=O)CCCN=C(N)N)C(N[C@@H](C=O)CCCN=C(N)N)C(N[C@@H](C=O)CCCN=C(N)N)C(N[C@@H](C=O)CCCN=C(N)N)C(N[C@@H](C=O)CCCN=C(N)N)C(N[C@@H](C=O)CCCN=C(N)N)C(C)C(=O)[C@@H](N)CCCN=C(N)N. The zero-order chi connectivity index (χ0) is 65.0. The molecular formula is C51H104N28O7. The average Bonchev–Trinajstić information content (AvgIpc) is 1.01. The second-order valence-corrected chi connectivity index (χ2v) is 20.8. The Morgan fingerprint density at radius 2 is 0.512 bits per heavy atom. The van der Waals surface area contributed by atoms with E-state index in [0.29, 0.717) is 44.1 Å². The van der Waals surface area contributed by atoms with Crippen molar-refractivity contribution in [2.45, 2.75) is 182 Å². The van der Waals surface area contributed by atoms with Crippen molar-refractivity contribution >= 4 is 85.2 Å². The molecule has 0 radical (unpaired) electrons. The Balaban J connectivity index is 9.53. The number of Topliss-reactive ketones (excluding diaryl/α,β-unsaturated/α-hetero) is 1. The zero-order valence-corrected chi connectivity index (χ0v) is 50.0. The average molecular weight is 1220 g/mol. The summed E-state index contributed by atoms with van der Waals surface area (Å²) in [5, 5.41) is 20.8. The van der Waals surface area contributed by atoms with Crippen molar-refractivity contribution in [2.75, 3.05) is 45.8 Å². The molecule has 7 unspecified atom stereocenters. The molecule has 0 rings (SSSR count). The Morgan fingerprint density at radius 1 is 0.314 bits per heavy atom. The molecule has 0 spiro atoms. The van der Waals surface area contributed by atoms with Gasteiger partial charge < -0.3 is 147 Å². The first-order chi connectivity index (χ1) is 40.9. The van der Waals surface area contributed by atoms with Gasteiger partial charge in [0, 0.05) is 88.0 Å². The number of nitrogens with zero attached hydrogens (tertiary/aromatic N) is 7. The van der Waals surface area contributed by atoms with E-state index in [1.165, 1.54) is 0 Å². The monoisotopic (exact) mass is 1220 g/mol. The highest BCUT2D eigenvalue weighted by Gasteiger charge is 2.46. The van der Waals surface area contributed by atoms with Gasteiger partial charge in [-0.1, -0.05) is 6.92 Å². The molecule has 0 aliphatic rings. The molecule has 490 valence electrons. The highest BCUT2D eigenvalue weighted by molar-refractivity contribution is 5.86. The van der Waals surface area contributed by atoms with E-state index in [4.69, 9.17) is 86.0 Å². The van der Waals surface area contributed by atoms with Crippen LogP contribution in [0, 0.1) is 5.92 Å². The van der Waals surface area contributed by atoms with Crippen LogP contribution in [0.25, 0.3) is 0 Å². The molecule has 0 fully saturated rings. The van der Waals surface area contributed by atoms with Gasteiger partial charge in [0.15, 0.2) is 47.5 Å². The van der Waals surface area contributed by atoms with Crippen LogP contribution in [0.15, 0.2) is 34.9 Å². The minimum atomic E-state index is -1.30. The van der Waals surface area contributed by atoms with Gasteiger partial charge in [0.05, 0.1) is 42.3 Å². The molecule has 35 heteroatoms. The molecule has 0 bridgehead atoms. The normalized spacial score (nSPS) is 16.0.